The van der Waals surface area contributed by atoms with Gasteiger partial charge in [0, 0.05) is 41.5 Å². The summed E-state index contributed by atoms with van der Waals surface area (Å²) < 4.78 is 142. The lowest BCUT2D eigenvalue weighted by atomic mass is 10.0. The van der Waals surface area contributed by atoms with E-state index < -0.39 is 78.3 Å². The summed E-state index contributed by atoms with van der Waals surface area (Å²) in [6.45, 7) is -1.45. The van der Waals surface area contributed by atoms with Crippen LogP contribution >= 0.6 is 0 Å². The van der Waals surface area contributed by atoms with E-state index in [1.54, 1.807) is 38.1 Å². The highest BCUT2D eigenvalue weighted by molar-refractivity contribution is 5.96. The molecule has 27 heteroatoms. The molecule has 4 rings (SSSR count). The van der Waals surface area contributed by atoms with E-state index in [0.29, 0.717) is 23.3 Å². The number of amidine groups is 1. The second-order valence-corrected chi connectivity index (χ2v) is 12.7. The van der Waals surface area contributed by atoms with Crippen molar-refractivity contribution in [1.29, 1.82) is 5.41 Å². The third kappa shape index (κ3) is 18.7. The zero-order valence-corrected chi connectivity index (χ0v) is 32.7. The minimum Gasteiger partial charge on any atom is -0.483 e. The van der Waals surface area contributed by atoms with Gasteiger partial charge >= 0.3 is 31.2 Å². The van der Waals surface area contributed by atoms with Crippen LogP contribution in [0.4, 0.5) is 64.2 Å². The molecule has 0 atom stereocenters. The highest BCUT2D eigenvalue weighted by Gasteiger charge is 2.38. The van der Waals surface area contributed by atoms with Gasteiger partial charge in [0.25, 0.3) is 17.9 Å². The number of carbonyl (C=O) groups excluding carboxylic acids is 2. The largest absolute Gasteiger partial charge is 0.490 e. The summed E-state index contributed by atoms with van der Waals surface area (Å²) in [5, 5.41) is 29.4. The first-order chi connectivity index (χ1) is 29.4. The van der Waals surface area contributed by atoms with Crippen molar-refractivity contribution in [3.8, 4) is 11.3 Å². The summed E-state index contributed by atoms with van der Waals surface area (Å²) >= 11 is 0. The van der Waals surface area contributed by atoms with Crippen LogP contribution in [0.5, 0.6) is 0 Å². The molecule has 350 valence electrons. The average molecular weight is 933 g/mol. The zero-order valence-electron chi connectivity index (χ0n) is 32.7. The van der Waals surface area contributed by atoms with Gasteiger partial charge in [-0.1, -0.05) is 24.3 Å². The first kappa shape index (κ1) is 54.7. The van der Waals surface area contributed by atoms with Gasteiger partial charge in [0.05, 0.1) is 23.0 Å². The van der Waals surface area contributed by atoms with Crippen molar-refractivity contribution in [1.82, 2.24) is 20.2 Å². The van der Waals surface area contributed by atoms with Crippen molar-refractivity contribution < 1.29 is 82.1 Å². The number of rotatable bonds is 11. The van der Waals surface area contributed by atoms with E-state index >= 15 is 0 Å². The number of amides is 2. The number of nitrogens with one attached hydrogen (secondary N) is 4. The predicted molar refractivity (Wildman–Crippen MR) is 204 cm³/mol. The number of aliphatic carboxylic acids is 1. The van der Waals surface area contributed by atoms with Crippen LogP contribution in [0.25, 0.3) is 11.3 Å². The fraction of sp³-hybridized carbons (Fsp3) is 0.270. The van der Waals surface area contributed by atoms with E-state index in [4.69, 9.17) is 36.7 Å². The number of alkyl halides is 12. The fourth-order valence-corrected chi connectivity index (χ4v) is 4.79. The zero-order chi connectivity index (χ0) is 49.3. The Morgan fingerprint density at radius 2 is 1.31 bits per heavy atom. The summed E-state index contributed by atoms with van der Waals surface area (Å²) in [7, 11) is 0. The van der Waals surface area contributed by atoms with Crippen LogP contribution in [-0.2, 0) is 46.4 Å². The maximum absolute atomic E-state index is 13.5. The second kappa shape index (κ2) is 23.8. The SMILES string of the molecule is CC(C)Nc1ncc(-c2cc(N)cc(C(=O)NCc3cc(C(F)(F)F)cc(C(F)(F)F)c3)c2)n(CC(=O)NCc2ccc(C(=N)N)cc2)c1=O.FC(F)F.O=C(O)C(F)(F)F.O=CO. The van der Waals surface area contributed by atoms with Crippen LogP contribution in [0.15, 0.2) is 71.7 Å². The standard InChI is InChI=1S/C33H32F6N8O3.C2HF3O2.CHF3.CH2O2/c1-17(2)46-29-31(50)47(16-27(48)43-13-18-3-5-20(6-4-18)28(41)42)26(15-44-29)21-9-22(11-25(40)10-21)30(49)45-14-19-7-23(32(34,35)36)12-24(8-19)33(37,38)39;3-2(4,5)1(6)7;2-1(3)4;2-1-3/h3-12,15,17H,13-14,16,40H2,1-2H3,(H3,41,42)(H,43,48)(H,44,46)(H,45,49);(H,6,7);1H;1H,(H,2,3). The van der Waals surface area contributed by atoms with E-state index in [2.05, 4.69) is 20.9 Å². The van der Waals surface area contributed by atoms with Gasteiger partial charge in [-0.15, -0.1) is 0 Å². The molecule has 0 aliphatic rings. The molecule has 0 saturated heterocycles. The maximum atomic E-state index is 13.5. The normalized spacial score (nSPS) is 11.1. The summed E-state index contributed by atoms with van der Waals surface area (Å²) in [6, 6.07) is 11.3. The Morgan fingerprint density at radius 1 is 0.828 bits per heavy atom. The summed E-state index contributed by atoms with van der Waals surface area (Å²) in [4.78, 5) is 61.1. The Bertz CT molecular complexity index is 2270. The smallest absolute Gasteiger partial charge is 0.483 e. The topological polar surface area (TPSA) is 256 Å². The maximum Gasteiger partial charge on any atom is 0.490 e. The van der Waals surface area contributed by atoms with E-state index in [1.807, 2.05) is 0 Å². The molecule has 0 saturated carbocycles. The van der Waals surface area contributed by atoms with Crippen molar-refractivity contribution in [3.63, 3.8) is 0 Å². The fourth-order valence-electron chi connectivity index (χ4n) is 4.79. The Kier molecular flexibility index (Phi) is 20.3. The summed E-state index contributed by atoms with van der Waals surface area (Å²) in [5.41, 5.74) is 8.68. The molecule has 0 bridgehead atoms. The number of carbonyl (C=O) groups is 4. The third-order valence-electron chi connectivity index (χ3n) is 7.39. The van der Waals surface area contributed by atoms with Crippen molar-refractivity contribution in [2.24, 2.45) is 5.73 Å². The van der Waals surface area contributed by atoms with Gasteiger partial charge in [0.2, 0.25) is 5.91 Å². The van der Waals surface area contributed by atoms with Gasteiger partial charge in [0.1, 0.15) is 12.4 Å². The molecule has 0 unspecified atom stereocenters. The van der Waals surface area contributed by atoms with Gasteiger partial charge < -0.3 is 37.6 Å². The highest BCUT2D eigenvalue weighted by atomic mass is 19.4. The molecule has 0 radical (unpaired) electrons. The molecule has 1 heterocycles. The summed E-state index contributed by atoms with van der Waals surface area (Å²) in [6.07, 6.45) is -13.9. The molecule has 1 aromatic heterocycles. The number of hydrogen-bond donors (Lipinski definition) is 8. The lowest BCUT2D eigenvalue weighted by Gasteiger charge is -2.17. The molecule has 2 amide bonds. The van der Waals surface area contributed by atoms with Crippen LogP contribution in [-0.4, -0.2) is 68.8 Å². The average Bonchev–Trinajstić information content (AvgIpc) is 3.16. The van der Waals surface area contributed by atoms with E-state index in [9.17, 15) is 67.1 Å². The van der Waals surface area contributed by atoms with Crippen molar-refractivity contribution in [3.05, 3.63) is 111 Å². The van der Waals surface area contributed by atoms with Gasteiger partial charge in [-0.3, -0.25) is 29.2 Å². The number of carboxylic acid groups (broad SMARTS) is 2. The molecule has 0 spiro atoms. The lowest BCUT2D eigenvalue weighted by Crippen LogP contribution is -2.35. The minimum absolute atomic E-state index is 0.0157. The number of hydrogen-bond acceptors (Lipinski definition) is 9. The van der Waals surface area contributed by atoms with Crippen molar-refractivity contribution in [2.75, 3.05) is 11.1 Å². The first-order valence-corrected chi connectivity index (χ1v) is 17.2. The lowest BCUT2D eigenvalue weighted by molar-refractivity contribution is -0.192. The number of nitrogen functional groups attached to an aromatic ring is 2. The van der Waals surface area contributed by atoms with E-state index in [-0.39, 0.29) is 59.3 Å². The highest BCUT2D eigenvalue weighted by Crippen LogP contribution is 2.36. The van der Waals surface area contributed by atoms with Crippen LogP contribution in [0, 0.1) is 5.41 Å². The van der Waals surface area contributed by atoms with Gasteiger partial charge in [-0.05, 0) is 61.4 Å². The number of nitrogens with zero attached hydrogens (tertiary/aromatic N) is 2. The molecule has 4 aromatic rings. The molecule has 0 aliphatic carbocycles. The van der Waals surface area contributed by atoms with Crippen molar-refractivity contribution in [2.45, 2.75) is 64.7 Å². The molecule has 64 heavy (non-hydrogen) atoms. The Morgan fingerprint density at radius 3 is 1.75 bits per heavy atom. The van der Waals surface area contributed by atoms with Gasteiger partial charge in [0.15, 0.2) is 5.82 Å². The number of halogens is 12. The predicted octanol–water partition coefficient (Wildman–Crippen LogP) is 6.39. The molecule has 3 aromatic carbocycles. The Balaban J connectivity index is 0.00000127. The van der Waals surface area contributed by atoms with Gasteiger partial charge in [-0.2, -0.15) is 52.7 Å². The molecule has 0 aliphatic heterocycles. The second-order valence-electron chi connectivity index (χ2n) is 12.7. The number of anilines is 2. The van der Waals surface area contributed by atoms with Crippen LogP contribution < -0.4 is 33.0 Å². The monoisotopic (exact) mass is 932 g/mol. The Hall–Kier alpha value is -7.35. The van der Waals surface area contributed by atoms with Crippen LogP contribution in [0.3, 0.4) is 0 Å². The molecule has 15 nitrogen and oxygen atoms in total. The summed E-state index contributed by atoms with van der Waals surface area (Å²) in [5.74, 6) is -4.39. The van der Waals surface area contributed by atoms with Crippen LogP contribution in [0.1, 0.15) is 52.0 Å². The number of aromatic nitrogens is 2. The number of nitrogens with two attached hydrogens (primary N) is 2. The van der Waals surface area contributed by atoms with Gasteiger partial charge in [-0.25, -0.2) is 9.78 Å². The Labute approximate surface area is 352 Å². The van der Waals surface area contributed by atoms with E-state index in [1.165, 1.54) is 24.4 Å². The molecule has 0 fully saturated rings. The van der Waals surface area contributed by atoms with E-state index in [0.717, 1.165) is 4.57 Å². The van der Waals surface area contributed by atoms with Crippen molar-refractivity contribution >= 4 is 41.6 Å². The molecule has 10 N–H and O–H groups in total. The number of carboxylic acids is 1. The number of benzene rings is 3. The first-order valence-electron chi connectivity index (χ1n) is 17.2. The molecular weight excluding hydrogens is 896 g/mol. The minimum atomic E-state index is -5.08. The quantitative estimate of drug-likeness (QED) is 0.0269. The third-order valence-corrected chi connectivity index (χ3v) is 7.39. The van der Waals surface area contributed by atoms with Crippen LogP contribution in [0.2, 0.25) is 0 Å². The molecular formula is C37H36F12N8O7.